The molecule has 0 bridgehead atoms. The van der Waals surface area contributed by atoms with Crippen LogP contribution in [0.1, 0.15) is 61.9 Å². The number of carbonyl (C=O) groups excluding carboxylic acids is 1. The summed E-state index contributed by atoms with van der Waals surface area (Å²) in [5, 5.41) is 4.57. The highest BCUT2D eigenvalue weighted by Crippen LogP contribution is 2.36. The predicted octanol–water partition coefficient (Wildman–Crippen LogP) is 5.00. The van der Waals surface area contributed by atoms with Crippen molar-refractivity contribution in [1.82, 2.24) is 14.5 Å². The molecule has 0 atom stereocenters. The van der Waals surface area contributed by atoms with Crippen LogP contribution < -0.4 is 5.32 Å². The van der Waals surface area contributed by atoms with E-state index in [-0.39, 0.29) is 5.91 Å². The Bertz CT molecular complexity index is 984. The van der Waals surface area contributed by atoms with Gasteiger partial charge in [-0.2, -0.15) is 0 Å². The summed E-state index contributed by atoms with van der Waals surface area (Å²) in [6.07, 6.45) is 9.97. The van der Waals surface area contributed by atoms with Crippen molar-refractivity contribution in [2.24, 2.45) is 13.0 Å². The lowest BCUT2D eigenvalue weighted by atomic mass is 10.1. The van der Waals surface area contributed by atoms with Gasteiger partial charge in [0.1, 0.15) is 5.69 Å². The van der Waals surface area contributed by atoms with Crippen LogP contribution in [0.5, 0.6) is 0 Å². The van der Waals surface area contributed by atoms with Gasteiger partial charge >= 0.3 is 0 Å². The van der Waals surface area contributed by atoms with Crippen LogP contribution in [0, 0.1) is 5.92 Å². The van der Waals surface area contributed by atoms with Crippen LogP contribution in [-0.4, -0.2) is 21.1 Å². The first-order valence-electron chi connectivity index (χ1n) is 10.6. The van der Waals surface area contributed by atoms with Crippen LogP contribution in [0.2, 0.25) is 0 Å². The maximum Gasteiger partial charge on any atom is 0.268 e. The predicted molar refractivity (Wildman–Crippen MR) is 110 cm³/mol. The third-order valence-electron chi connectivity index (χ3n) is 6.51. The largest absolute Gasteiger partial charge is 0.348 e. The topological polar surface area (TPSA) is 39.0 Å². The Labute approximate surface area is 160 Å². The first-order chi connectivity index (χ1) is 13.2. The molecule has 0 saturated heterocycles. The Hall–Kier alpha value is -2.23. The molecule has 4 heteroatoms. The van der Waals surface area contributed by atoms with Crippen molar-refractivity contribution >= 4 is 27.8 Å². The molecule has 0 unspecified atom stereocenters. The number of nitrogens with one attached hydrogen (secondary N) is 1. The molecular weight excluding hydrogens is 334 g/mol. The molecule has 2 aliphatic carbocycles. The second kappa shape index (κ2) is 6.74. The van der Waals surface area contributed by atoms with Crippen LogP contribution in [0.15, 0.2) is 30.3 Å². The molecule has 0 aliphatic heterocycles. The molecule has 5 rings (SSSR count). The minimum atomic E-state index is 0.0858. The quantitative estimate of drug-likeness (QED) is 0.651. The number of fused-ring (bicyclic) bond motifs is 3. The zero-order valence-electron chi connectivity index (χ0n) is 16.2. The van der Waals surface area contributed by atoms with E-state index >= 15 is 0 Å². The average molecular weight is 364 g/mol. The molecule has 1 amide bonds. The highest BCUT2D eigenvalue weighted by Gasteiger charge is 2.26. The molecule has 0 spiro atoms. The van der Waals surface area contributed by atoms with Gasteiger partial charge in [-0.25, -0.2) is 0 Å². The van der Waals surface area contributed by atoms with E-state index in [1.54, 1.807) is 0 Å². The fourth-order valence-electron chi connectivity index (χ4n) is 4.81. The van der Waals surface area contributed by atoms with Gasteiger partial charge in [-0.1, -0.05) is 43.9 Å². The second-order valence-corrected chi connectivity index (χ2v) is 8.56. The van der Waals surface area contributed by atoms with E-state index in [0.29, 0.717) is 6.04 Å². The molecule has 142 valence electrons. The average Bonchev–Trinajstić information content (AvgIpc) is 3.41. The zero-order valence-corrected chi connectivity index (χ0v) is 16.2. The second-order valence-electron chi connectivity index (χ2n) is 8.56. The van der Waals surface area contributed by atoms with E-state index in [9.17, 15) is 4.79 Å². The zero-order chi connectivity index (χ0) is 18.4. The van der Waals surface area contributed by atoms with Gasteiger partial charge in [0.2, 0.25) is 0 Å². The summed E-state index contributed by atoms with van der Waals surface area (Å²) in [7, 11) is 2.04. The lowest BCUT2D eigenvalue weighted by Gasteiger charge is -2.16. The summed E-state index contributed by atoms with van der Waals surface area (Å²) >= 11 is 0. The number of carbonyl (C=O) groups is 1. The summed E-state index contributed by atoms with van der Waals surface area (Å²) in [4.78, 5) is 13.1. The van der Waals surface area contributed by atoms with Gasteiger partial charge in [-0.05, 0) is 43.7 Å². The number of aryl methyl sites for hydroxylation is 1. The molecule has 1 N–H and O–H groups in total. The lowest BCUT2D eigenvalue weighted by Crippen LogP contribution is -2.35. The van der Waals surface area contributed by atoms with Gasteiger partial charge in [-0.15, -0.1) is 0 Å². The molecule has 27 heavy (non-hydrogen) atoms. The van der Waals surface area contributed by atoms with Crippen molar-refractivity contribution in [3.05, 3.63) is 36.0 Å². The van der Waals surface area contributed by atoms with E-state index in [1.165, 1.54) is 60.5 Å². The van der Waals surface area contributed by atoms with Crippen molar-refractivity contribution in [2.45, 2.75) is 64.0 Å². The van der Waals surface area contributed by atoms with Crippen molar-refractivity contribution in [3.63, 3.8) is 0 Å². The number of rotatable bonds is 4. The number of nitrogens with zero attached hydrogens (tertiary/aromatic N) is 2. The van der Waals surface area contributed by atoms with Crippen LogP contribution in [0.4, 0.5) is 0 Å². The van der Waals surface area contributed by atoms with Crippen molar-refractivity contribution in [1.29, 1.82) is 0 Å². The lowest BCUT2D eigenvalue weighted by molar-refractivity contribution is 0.0925. The normalized spacial score (nSPS) is 18.9. The van der Waals surface area contributed by atoms with E-state index in [2.05, 4.69) is 44.8 Å². The van der Waals surface area contributed by atoms with Gasteiger partial charge in [0.05, 0.1) is 16.6 Å². The molecule has 2 heterocycles. The van der Waals surface area contributed by atoms with Crippen molar-refractivity contribution < 1.29 is 4.79 Å². The third-order valence-corrected chi connectivity index (χ3v) is 6.51. The SMILES string of the molecule is Cn1c(C(=O)NC2CCCCCC2)cc2c1c1ccccc1n2CC1CC1. The van der Waals surface area contributed by atoms with E-state index in [0.717, 1.165) is 31.0 Å². The van der Waals surface area contributed by atoms with Gasteiger partial charge in [0.25, 0.3) is 5.91 Å². The smallest absolute Gasteiger partial charge is 0.268 e. The van der Waals surface area contributed by atoms with Gasteiger partial charge in [-0.3, -0.25) is 4.79 Å². The molecule has 0 radical (unpaired) electrons. The Morgan fingerprint density at radius 1 is 1.04 bits per heavy atom. The highest BCUT2D eigenvalue weighted by atomic mass is 16.2. The molecule has 1 aromatic carbocycles. The summed E-state index contributed by atoms with van der Waals surface area (Å²) in [6.45, 7) is 1.07. The number of amides is 1. The molecular formula is C23H29N3O. The fraction of sp³-hybridized carbons (Fsp3) is 0.522. The number of hydrogen-bond acceptors (Lipinski definition) is 1. The Morgan fingerprint density at radius 2 is 1.78 bits per heavy atom. The number of hydrogen-bond donors (Lipinski definition) is 1. The minimum Gasteiger partial charge on any atom is -0.348 e. The van der Waals surface area contributed by atoms with Crippen LogP contribution in [0.3, 0.4) is 0 Å². The molecule has 4 nitrogen and oxygen atoms in total. The Morgan fingerprint density at radius 3 is 2.52 bits per heavy atom. The van der Waals surface area contributed by atoms with Crippen LogP contribution >= 0.6 is 0 Å². The first kappa shape index (κ1) is 16.9. The van der Waals surface area contributed by atoms with Crippen molar-refractivity contribution in [3.8, 4) is 0 Å². The monoisotopic (exact) mass is 363 g/mol. The standard InChI is InChI=1S/C23H29N3O/c1-25-21(23(27)24-17-8-4-2-3-5-9-17)14-20-22(25)18-10-6-7-11-19(18)26(20)15-16-12-13-16/h6-7,10-11,14,16-17H,2-5,8-9,12-13,15H2,1H3,(H,24,27). The summed E-state index contributed by atoms with van der Waals surface area (Å²) in [5.74, 6) is 0.884. The van der Waals surface area contributed by atoms with E-state index < -0.39 is 0 Å². The number of benzene rings is 1. The number of aromatic nitrogens is 2. The molecule has 2 aliphatic rings. The Balaban J connectivity index is 1.53. The van der Waals surface area contributed by atoms with Gasteiger partial charge < -0.3 is 14.5 Å². The van der Waals surface area contributed by atoms with Gasteiger partial charge in [0, 0.05) is 25.0 Å². The maximum atomic E-state index is 13.1. The van der Waals surface area contributed by atoms with E-state index in [4.69, 9.17) is 0 Å². The maximum absolute atomic E-state index is 13.1. The molecule has 2 fully saturated rings. The molecule has 2 aromatic heterocycles. The third kappa shape index (κ3) is 3.05. The first-order valence-corrected chi connectivity index (χ1v) is 10.6. The summed E-state index contributed by atoms with van der Waals surface area (Å²) in [5.41, 5.74) is 4.48. The molecule has 3 aromatic rings. The minimum absolute atomic E-state index is 0.0858. The molecule has 2 saturated carbocycles. The summed E-state index contributed by atoms with van der Waals surface area (Å²) in [6, 6.07) is 11.1. The number of para-hydroxylation sites is 1. The fourth-order valence-corrected chi connectivity index (χ4v) is 4.81. The highest BCUT2D eigenvalue weighted by molar-refractivity contribution is 6.10. The van der Waals surface area contributed by atoms with Gasteiger partial charge in [0.15, 0.2) is 0 Å². The Kier molecular flexibility index (Phi) is 4.22. The van der Waals surface area contributed by atoms with E-state index in [1.807, 2.05) is 7.05 Å². The van der Waals surface area contributed by atoms with Crippen LogP contribution in [-0.2, 0) is 13.6 Å². The van der Waals surface area contributed by atoms with Crippen molar-refractivity contribution in [2.75, 3.05) is 0 Å². The summed E-state index contributed by atoms with van der Waals surface area (Å²) < 4.78 is 4.54. The van der Waals surface area contributed by atoms with Crippen LogP contribution in [0.25, 0.3) is 21.9 Å².